The maximum atomic E-state index is 12.9. The quantitative estimate of drug-likeness (QED) is 0.705. The summed E-state index contributed by atoms with van der Waals surface area (Å²) in [5.41, 5.74) is 0.0412. The molecule has 24 heavy (non-hydrogen) atoms. The number of rotatable bonds is 8. The van der Waals surface area contributed by atoms with E-state index in [-0.39, 0.29) is 23.1 Å². The number of benzene rings is 1. The van der Waals surface area contributed by atoms with Crippen molar-refractivity contribution in [3.63, 3.8) is 0 Å². The SMILES string of the molecule is COCC1(CNC(=O)C(C)CSc2ccc(F)cc2)CCNCC1. The van der Waals surface area contributed by atoms with Gasteiger partial charge in [0.15, 0.2) is 0 Å². The largest absolute Gasteiger partial charge is 0.384 e. The highest BCUT2D eigenvalue weighted by Crippen LogP contribution is 2.28. The first-order valence-electron chi connectivity index (χ1n) is 8.40. The van der Waals surface area contributed by atoms with E-state index in [0.29, 0.717) is 18.9 Å². The van der Waals surface area contributed by atoms with Crippen LogP contribution in [-0.4, -0.2) is 45.0 Å². The minimum Gasteiger partial charge on any atom is -0.384 e. The van der Waals surface area contributed by atoms with Crippen LogP contribution in [0.25, 0.3) is 0 Å². The first-order valence-corrected chi connectivity index (χ1v) is 9.39. The fourth-order valence-corrected chi connectivity index (χ4v) is 3.83. The third kappa shape index (κ3) is 5.76. The minimum absolute atomic E-state index is 0.0412. The normalized spacial score (nSPS) is 18.1. The number of carbonyl (C=O) groups excluding carboxylic acids is 1. The van der Waals surface area contributed by atoms with E-state index in [9.17, 15) is 9.18 Å². The van der Waals surface area contributed by atoms with Crippen LogP contribution >= 0.6 is 11.8 Å². The van der Waals surface area contributed by atoms with Crippen LogP contribution in [0.2, 0.25) is 0 Å². The van der Waals surface area contributed by atoms with Crippen molar-refractivity contribution in [1.82, 2.24) is 10.6 Å². The van der Waals surface area contributed by atoms with E-state index in [1.165, 1.54) is 12.1 Å². The van der Waals surface area contributed by atoms with Gasteiger partial charge in [-0.1, -0.05) is 6.92 Å². The third-order valence-corrected chi connectivity index (χ3v) is 5.79. The van der Waals surface area contributed by atoms with Gasteiger partial charge < -0.3 is 15.4 Å². The molecule has 1 unspecified atom stereocenters. The van der Waals surface area contributed by atoms with Gasteiger partial charge in [-0.3, -0.25) is 4.79 Å². The predicted octanol–water partition coefficient (Wildman–Crippen LogP) is 2.69. The Morgan fingerprint density at radius 2 is 2.04 bits per heavy atom. The lowest BCUT2D eigenvalue weighted by molar-refractivity contribution is -0.124. The molecule has 0 aliphatic carbocycles. The van der Waals surface area contributed by atoms with Crippen molar-refractivity contribution in [2.75, 3.05) is 39.1 Å². The molecule has 0 radical (unpaired) electrons. The van der Waals surface area contributed by atoms with Crippen LogP contribution in [0.5, 0.6) is 0 Å². The van der Waals surface area contributed by atoms with E-state index in [1.807, 2.05) is 6.92 Å². The number of carbonyl (C=O) groups is 1. The lowest BCUT2D eigenvalue weighted by Crippen LogP contribution is -2.48. The molecule has 4 nitrogen and oxygen atoms in total. The zero-order valence-corrected chi connectivity index (χ0v) is 15.3. The van der Waals surface area contributed by atoms with Gasteiger partial charge in [0.25, 0.3) is 0 Å². The summed E-state index contributed by atoms with van der Waals surface area (Å²) in [7, 11) is 1.72. The Morgan fingerprint density at radius 1 is 1.38 bits per heavy atom. The first-order chi connectivity index (χ1) is 11.5. The van der Waals surface area contributed by atoms with Gasteiger partial charge >= 0.3 is 0 Å². The maximum Gasteiger partial charge on any atom is 0.223 e. The van der Waals surface area contributed by atoms with Crippen molar-refractivity contribution in [3.8, 4) is 0 Å². The molecule has 0 aromatic heterocycles. The number of thioether (sulfide) groups is 1. The molecule has 1 aromatic rings. The highest BCUT2D eigenvalue weighted by atomic mass is 32.2. The Hall–Kier alpha value is -1.11. The first kappa shape index (κ1) is 19.2. The lowest BCUT2D eigenvalue weighted by Gasteiger charge is -2.37. The molecular weight excluding hydrogens is 327 g/mol. The molecule has 1 heterocycles. The summed E-state index contributed by atoms with van der Waals surface area (Å²) in [4.78, 5) is 13.3. The smallest absolute Gasteiger partial charge is 0.223 e. The van der Waals surface area contributed by atoms with Gasteiger partial charge in [0.2, 0.25) is 5.91 Å². The van der Waals surface area contributed by atoms with Crippen LogP contribution < -0.4 is 10.6 Å². The van der Waals surface area contributed by atoms with Gasteiger partial charge in [-0.25, -0.2) is 4.39 Å². The van der Waals surface area contributed by atoms with Gasteiger partial charge in [-0.15, -0.1) is 11.8 Å². The monoisotopic (exact) mass is 354 g/mol. The van der Waals surface area contributed by atoms with Crippen molar-refractivity contribution in [2.24, 2.45) is 11.3 Å². The van der Waals surface area contributed by atoms with Crippen molar-refractivity contribution < 1.29 is 13.9 Å². The number of amides is 1. The molecule has 1 aliphatic heterocycles. The standard InChI is InChI=1S/C18H27FN2O2S/c1-14(11-24-16-5-3-15(19)4-6-16)17(22)21-12-18(13-23-2)7-9-20-10-8-18/h3-6,14,20H,7-13H2,1-2H3,(H,21,22). The Morgan fingerprint density at radius 3 is 2.67 bits per heavy atom. The molecule has 1 fully saturated rings. The topological polar surface area (TPSA) is 50.4 Å². The second-order valence-electron chi connectivity index (χ2n) is 6.57. The molecule has 1 atom stereocenters. The molecule has 6 heteroatoms. The van der Waals surface area contributed by atoms with E-state index < -0.39 is 0 Å². The minimum atomic E-state index is -0.240. The zero-order valence-electron chi connectivity index (χ0n) is 14.4. The molecular formula is C18H27FN2O2S. The van der Waals surface area contributed by atoms with Crippen molar-refractivity contribution >= 4 is 17.7 Å². The Bertz CT molecular complexity index is 513. The van der Waals surface area contributed by atoms with E-state index in [0.717, 1.165) is 30.8 Å². The lowest BCUT2D eigenvalue weighted by atomic mass is 9.79. The summed E-state index contributed by atoms with van der Waals surface area (Å²) in [5.74, 6) is 0.409. The number of piperidine rings is 1. The number of hydrogen-bond donors (Lipinski definition) is 2. The number of hydrogen-bond acceptors (Lipinski definition) is 4. The molecule has 2 N–H and O–H groups in total. The number of ether oxygens (including phenoxy) is 1. The number of halogens is 1. The molecule has 2 rings (SSSR count). The zero-order chi connectivity index (χ0) is 17.4. The average molecular weight is 354 g/mol. The fraction of sp³-hybridized carbons (Fsp3) is 0.611. The second-order valence-corrected chi connectivity index (χ2v) is 7.66. The van der Waals surface area contributed by atoms with Crippen LogP contribution in [0.3, 0.4) is 0 Å². The van der Waals surface area contributed by atoms with Gasteiger partial charge in [0.05, 0.1) is 6.61 Å². The van der Waals surface area contributed by atoms with Crippen molar-refractivity contribution in [1.29, 1.82) is 0 Å². The molecule has 134 valence electrons. The molecule has 1 saturated heterocycles. The summed E-state index contributed by atoms with van der Waals surface area (Å²) in [6.07, 6.45) is 2.03. The van der Waals surface area contributed by atoms with E-state index >= 15 is 0 Å². The number of methoxy groups -OCH3 is 1. The highest BCUT2D eigenvalue weighted by molar-refractivity contribution is 7.99. The second kappa shape index (κ2) is 9.39. The van der Waals surface area contributed by atoms with Crippen molar-refractivity contribution in [2.45, 2.75) is 24.7 Å². The van der Waals surface area contributed by atoms with Crippen LogP contribution in [0.4, 0.5) is 4.39 Å². The summed E-state index contributed by atoms with van der Waals surface area (Å²) in [6.45, 7) is 5.20. The highest BCUT2D eigenvalue weighted by Gasteiger charge is 2.32. The van der Waals surface area contributed by atoms with Crippen LogP contribution in [0.1, 0.15) is 19.8 Å². The molecule has 1 aromatic carbocycles. The molecule has 0 spiro atoms. The van der Waals surface area contributed by atoms with Crippen LogP contribution in [0.15, 0.2) is 29.2 Å². The van der Waals surface area contributed by atoms with Crippen LogP contribution in [0, 0.1) is 17.2 Å². The average Bonchev–Trinajstić information content (AvgIpc) is 2.60. The summed E-state index contributed by atoms with van der Waals surface area (Å²) in [6, 6.07) is 6.37. The maximum absolute atomic E-state index is 12.9. The summed E-state index contributed by atoms with van der Waals surface area (Å²) in [5, 5.41) is 6.46. The Balaban J connectivity index is 1.78. The van der Waals surface area contributed by atoms with Crippen LogP contribution in [-0.2, 0) is 9.53 Å². The van der Waals surface area contributed by atoms with Gasteiger partial charge in [0, 0.05) is 35.6 Å². The van der Waals surface area contributed by atoms with E-state index in [1.54, 1.807) is 31.0 Å². The van der Waals surface area contributed by atoms with Gasteiger partial charge in [0.1, 0.15) is 5.82 Å². The summed E-state index contributed by atoms with van der Waals surface area (Å²) >= 11 is 1.57. The Labute approximate surface area is 147 Å². The van der Waals surface area contributed by atoms with Gasteiger partial charge in [-0.05, 0) is 50.2 Å². The van der Waals surface area contributed by atoms with E-state index in [2.05, 4.69) is 10.6 Å². The van der Waals surface area contributed by atoms with Gasteiger partial charge in [-0.2, -0.15) is 0 Å². The number of nitrogens with one attached hydrogen (secondary N) is 2. The van der Waals surface area contributed by atoms with Crippen molar-refractivity contribution in [3.05, 3.63) is 30.1 Å². The summed E-state index contributed by atoms with van der Waals surface area (Å²) < 4.78 is 18.3. The van der Waals surface area contributed by atoms with E-state index in [4.69, 9.17) is 4.74 Å². The molecule has 1 aliphatic rings. The molecule has 0 saturated carbocycles. The molecule has 0 bridgehead atoms. The third-order valence-electron chi connectivity index (χ3n) is 4.51. The molecule has 1 amide bonds. The fourth-order valence-electron chi connectivity index (χ4n) is 2.91. The predicted molar refractivity (Wildman–Crippen MR) is 95.7 cm³/mol. The Kier molecular flexibility index (Phi) is 7.52.